The van der Waals surface area contributed by atoms with Crippen LogP contribution in [0, 0.1) is 17.2 Å². The second-order valence-corrected chi connectivity index (χ2v) is 2.94. The van der Waals surface area contributed by atoms with Crippen LogP contribution in [0.25, 0.3) is 0 Å². The van der Waals surface area contributed by atoms with Crippen molar-refractivity contribution in [2.24, 2.45) is 5.92 Å². The van der Waals surface area contributed by atoms with Gasteiger partial charge < -0.3 is 0 Å². The summed E-state index contributed by atoms with van der Waals surface area (Å²) in [5, 5.41) is 8.70. The molecule has 1 nitrogen and oxygen atoms in total. The Morgan fingerprint density at radius 3 is 2.56 bits per heavy atom. The highest BCUT2D eigenvalue weighted by molar-refractivity contribution is 7.81. The average Bonchev–Trinajstić information content (AvgIpc) is 1.87. The number of nitrogens with zero attached hydrogens (tertiary/aromatic N) is 1. The minimum Gasteiger partial charge on any atom is -0.198 e. The molecule has 0 bridgehead atoms. The van der Waals surface area contributed by atoms with E-state index in [1.165, 1.54) is 0 Å². The lowest BCUT2D eigenvalue weighted by Gasteiger charge is -2.09. The molecule has 52 valence electrons. The molecule has 0 fully saturated rings. The summed E-state index contributed by atoms with van der Waals surface area (Å²) in [5.74, 6) is 0.0910. The van der Waals surface area contributed by atoms with E-state index < -0.39 is 0 Å². The number of hydrogen-bond acceptors (Lipinski definition) is 2. The highest BCUT2D eigenvalue weighted by atomic mass is 32.1. The Labute approximate surface area is 62.5 Å². The Morgan fingerprint density at radius 2 is 2.22 bits per heavy atom. The lowest BCUT2D eigenvalue weighted by Crippen LogP contribution is -2.08. The van der Waals surface area contributed by atoms with Crippen molar-refractivity contribution in [3.63, 3.8) is 0 Å². The molecular formula is C7H13NS. The maximum Gasteiger partial charge on any atom is 0.0664 e. The molecule has 2 unspecified atom stereocenters. The van der Waals surface area contributed by atoms with E-state index in [1.54, 1.807) is 0 Å². The number of rotatable bonds is 3. The first-order valence-corrected chi connectivity index (χ1v) is 3.81. The van der Waals surface area contributed by atoms with Gasteiger partial charge in [0.15, 0.2) is 0 Å². The molecule has 0 spiro atoms. The Bertz CT molecular complexity index is 106. The topological polar surface area (TPSA) is 23.8 Å². The van der Waals surface area contributed by atoms with Crippen molar-refractivity contribution in [1.82, 2.24) is 0 Å². The van der Waals surface area contributed by atoms with Crippen LogP contribution in [0.2, 0.25) is 0 Å². The van der Waals surface area contributed by atoms with E-state index >= 15 is 0 Å². The Balaban J connectivity index is 3.48. The molecule has 0 amide bonds. The summed E-state index contributed by atoms with van der Waals surface area (Å²) < 4.78 is 0. The van der Waals surface area contributed by atoms with E-state index in [2.05, 4.69) is 25.6 Å². The second kappa shape index (κ2) is 4.69. The van der Waals surface area contributed by atoms with Gasteiger partial charge in [0.25, 0.3) is 0 Å². The van der Waals surface area contributed by atoms with Crippen molar-refractivity contribution < 1.29 is 0 Å². The third-order valence-corrected chi connectivity index (χ3v) is 2.07. The van der Waals surface area contributed by atoms with Gasteiger partial charge in [0.1, 0.15) is 0 Å². The lowest BCUT2D eigenvalue weighted by molar-refractivity contribution is 0.630. The standard InChI is InChI=1S/C7H13NS/c1-3-4-7(9)6(2)5-8/h6-7,9H,3-4H2,1-2H3. The molecule has 0 rings (SSSR count). The predicted molar refractivity (Wildman–Crippen MR) is 42.5 cm³/mol. The fourth-order valence-electron chi connectivity index (χ4n) is 0.632. The fraction of sp³-hybridized carbons (Fsp3) is 0.857. The van der Waals surface area contributed by atoms with Gasteiger partial charge in [0, 0.05) is 5.25 Å². The van der Waals surface area contributed by atoms with Gasteiger partial charge >= 0.3 is 0 Å². The summed E-state index contributed by atoms with van der Waals surface area (Å²) in [6.45, 7) is 4.01. The molecule has 0 aromatic carbocycles. The van der Waals surface area contributed by atoms with Crippen LogP contribution in [-0.4, -0.2) is 5.25 Å². The van der Waals surface area contributed by atoms with Gasteiger partial charge in [-0.1, -0.05) is 13.3 Å². The first kappa shape index (κ1) is 8.84. The van der Waals surface area contributed by atoms with E-state index in [0.29, 0.717) is 0 Å². The third-order valence-electron chi connectivity index (χ3n) is 1.37. The molecule has 0 aliphatic carbocycles. The van der Waals surface area contributed by atoms with Gasteiger partial charge in [-0.3, -0.25) is 0 Å². The summed E-state index contributed by atoms with van der Waals surface area (Å²) in [7, 11) is 0. The monoisotopic (exact) mass is 143 g/mol. The molecule has 0 saturated heterocycles. The van der Waals surface area contributed by atoms with Gasteiger partial charge in [-0.15, -0.1) is 0 Å². The molecule has 0 heterocycles. The van der Waals surface area contributed by atoms with Crippen molar-refractivity contribution in [3.05, 3.63) is 0 Å². The zero-order valence-electron chi connectivity index (χ0n) is 5.96. The van der Waals surface area contributed by atoms with Gasteiger partial charge in [-0.05, 0) is 13.3 Å². The maximum atomic E-state index is 8.43. The number of nitriles is 1. The quantitative estimate of drug-likeness (QED) is 0.602. The van der Waals surface area contributed by atoms with Crippen LogP contribution in [0.1, 0.15) is 26.7 Å². The van der Waals surface area contributed by atoms with Crippen LogP contribution in [0.5, 0.6) is 0 Å². The molecule has 2 heteroatoms. The zero-order chi connectivity index (χ0) is 7.28. The minimum atomic E-state index is 0.0910. The zero-order valence-corrected chi connectivity index (χ0v) is 6.86. The summed E-state index contributed by atoms with van der Waals surface area (Å²) in [5.41, 5.74) is 0. The predicted octanol–water partition coefficient (Wildman–Crippen LogP) is 2.24. The number of thiol groups is 1. The SMILES string of the molecule is CCCC(S)C(C)C#N. The van der Waals surface area contributed by atoms with Crippen molar-refractivity contribution in [1.29, 1.82) is 5.26 Å². The van der Waals surface area contributed by atoms with Crippen molar-refractivity contribution >= 4 is 12.6 Å². The van der Waals surface area contributed by atoms with Gasteiger partial charge in [-0.2, -0.15) is 17.9 Å². The highest BCUT2D eigenvalue weighted by Gasteiger charge is 2.09. The normalized spacial score (nSPS) is 16.2. The van der Waals surface area contributed by atoms with Gasteiger partial charge in [0.05, 0.1) is 12.0 Å². The molecule has 0 aromatic heterocycles. The molecule has 0 radical (unpaired) electrons. The summed E-state index contributed by atoms with van der Waals surface area (Å²) in [6.07, 6.45) is 2.15. The summed E-state index contributed by atoms with van der Waals surface area (Å²) in [4.78, 5) is 0. The molecule has 0 saturated carbocycles. The van der Waals surface area contributed by atoms with E-state index in [9.17, 15) is 0 Å². The maximum absolute atomic E-state index is 8.43. The molecule has 0 aromatic rings. The Morgan fingerprint density at radius 1 is 1.67 bits per heavy atom. The van der Waals surface area contributed by atoms with E-state index in [-0.39, 0.29) is 11.2 Å². The van der Waals surface area contributed by atoms with Crippen molar-refractivity contribution in [3.8, 4) is 6.07 Å². The Hall–Kier alpha value is -0.160. The van der Waals surface area contributed by atoms with E-state index in [4.69, 9.17) is 5.26 Å². The van der Waals surface area contributed by atoms with Crippen molar-refractivity contribution in [2.75, 3.05) is 0 Å². The number of hydrogen-bond donors (Lipinski definition) is 1. The summed E-state index contributed by atoms with van der Waals surface area (Å²) in [6, 6.07) is 2.17. The third kappa shape index (κ3) is 3.42. The molecule has 0 aliphatic rings. The van der Waals surface area contributed by atoms with Crippen LogP contribution >= 0.6 is 12.6 Å². The fourth-order valence-corrected chi connectivity index (χ4v) is 0.957. The van der Waals surface area contributed by atoms with Gasteiger partial charge in [-0.25, -0.2) is 0 Å². The lowest BCUT2D eigenvalue weighted by atomic mass is 10.1. The summed E-state index contributed by atoms with van der Waals surface area (Å²) >= 11 is 4.26. The van der Waals surface area contributed by atoms with Crippen LogP contribution in [0.3, 0.4) is 0 Å². The molecular weight excluding hydrogens is 130 g/mol. The van der Waals surface area contributed by atoms with E-state index in [0.717, 1.165) is 12.8 Å². The van der Waals surface area contributed by atoms with Crippen LogP contribution in [0.4, 0.5) is 0 Å². The van der Waals surface area contributed by atoms with Crippen molar-refractivity contribution in [2.45, 2.75) is 31.9 Å². The molecule has 2 atom stereocenters. The first-order valence-electron chi connectivity index (χ1n) is 3.30. The van der Waals surface area contributed by atoms with Crippen LogP contribution in [0.15, 0.2) is 0 Å². The van der Waals surface area contributed by atoms with E-state index in [1.807, 2.05) is 6.92 Å². The second-order valence-electron chi connectivity index (χ2n) is 2.27. The van der Waals surface area contributed by atoms with Crippen LogP contribution in [-0.2, 0) is 0 Å². The molecule has 0 aliphatic heterocycles. The Kier molecular flexibility index (Phi) is 4.61. The average molecular weight is 143 g/mol. The highest BCUT2D eigenvalue weighted by Crippen LogP contribution is 2.13. The van der Waals surface area contributed by atoms with Gasteiger partial charge in [0.2, 0.25) is 0 Å². The van der Waals surface area contributed by atoms with Crippen LogP contribution < -0.4 is 0 Å². The molecule has 0 N–H and O–H groups in total. The minimum absolute atomic E-state index is 0.0910. The largest absolute Gasteiger partial charge is 0.198 e. The molecule has 9 heavy (non-hydrogen) atoms. The smallest absolute Gasteiger partial charge is 0.0664 e. The first-order chi connectivity index (χ1) is 4.22.